The molecule has 0 aliphatic carbocycles. The Kier molecular flexibility index (Phi) is 5.35. The van der Waals surface area contributed by atoms with Crippen LogP contribution in [0.3, 0.4) is 0 Å². The number of ether oxygens (including phenoxy) is 1. The highest BCUT2D eigenvalue weighted by atomic mass is 32.2. The highest BCUT2D eigenvalue weighted by Crippen LogP contribution is 2.13. The molecule has 130 valence electrons. The maximum absolute atomic E-state index is 12.5. The molecule has 1 aliphatic heterocycles. The topological polar surface area (TPSA) is 73.0 Å². The number of benzene rings is 1. The van der Waals surface area contributed by atoms with Crippen LogP contribution in [0.25, 0.3) is 0 Å². The molecular weight excluding hydrogens is 328 g/mol. The lowest BCUT2D eigenvalue weighted by molar-refractivity contribution is -0.938. The first-order chi connectivity index (χ1) is 11.6. The summed E-state index contributed by atoms with van der Waals surface area (Å²) in [5.41, 5.74) is 1.03. The number of rotatable bonds is 6. The van der Waals surface area contributed by atoms with E-state index in [1.807, 2.05) is 19.1 Å². The predicted octanol–water partition coefficient (Wildman–Crippen LogP) is 0.523. The molecule has 0 saturated carbocycles. The standard InChI is InChI=1S/C17H22N2O4S/c1-14-4-6-15(7-5-14)24(20,21)18-13-16(17-3-2-10-23-17)19-8-11-22-12-9-19/h2-7,10,16,18H,8-9,11-13H2,1H3/p+1/t16-/m0/s1. The Bertz CT molecular complexity index is 735. The number of sulfonamides is 1. The zero-order chi connectivity index (χ0) is 17.0. The van der Waals surface area contributed by atoms with E-state index in [0.29, 0.717) is 19.8 Å². The van der Waals surface area contributed by atoms with Crippen molar-refractivity contribution in [2.45, 2.75) is 17.9 Å². The number of morpholine rings is 1. The number of hydrogen-bond acceptors (Lipinski definition) is 4. The highest BCUT2D eigenvalue weighted by molar-refractivity contribution is 7.89. The minimum Gasteiger partial charge on any atom is -0.463 e. The smallest absolute Gasteiger partial charge is 0.240 e. The van der Waals surface area contributed by atoms with Gasteiger partial charge in [0.15, 0.2) is 11.8 Å². The third-order valence-corrected chi connectivity index (χ3v) is 5.76. The van der Waals surface area contributed by atoms with Gasteiger partial charge in [-0.25, -0.2) is 13.1 Å². The number of nitrogens with one attached hydrogen (secondary N) is 2. The molecule has 6 nitrogen and oxygen atoms in total. The van der Waals surface area contributed by atoms with Gasteiger partial charge in [-0.15, -0.1) is 0 Å². The molecule has 2 aromatic rings. The van der Waals surface area contributed by atoms with Crippen molar-refractivity contribution in [3.05, 3.63) is 54.0 Å². The average Bonchev–Trinajstić information content (AvgIpc) is 3.11. The summed E-state index contributed by atoms with van der Waals surface area (Å²) in [6.45, 7) is 5.24. The summed E-state index contributed by atoms with van der Waals surface area (Å²) in [5.74, 6) is 0.790. The molecule has 0 bridgehead atoms. The van der Waals surface area contributed by atoms with Crippen LogP contribution in [0.2, 0.25) is 0 Å². The van der Waals surface area contributed by atoms with E-state index >= 15 is 0 Å². The van der Waals surface area contributed by atoms with Gasteiger partial charge in [-0.2, -0.15) is 0 Å². The molecule has 1 fully saturated rings. The lowest BCUT2D eigenvalue weighted by atomic mass is 10.2. The zero-order valence-corrected chi connectivity index (χ0v) is 14.5. The predicted molar refractivity (Wildman–Crippen MR) is 89.3 cm³/mol. The van der Waals surface area contributed by atoms with Crippen LogP contribution in [0.4, 0.5) is 0 Å². The second-order valence-electron chi connectivity index (χ2n) is 6.00. The van der Waals surface area contributed by atoms with Crippen LogP contribution in [0.15, 0.2) is 52.0 Å². The molecule has 24 heavy (non-hydrogen) atoms. The maximum Gasteiger partial charge on any atom is 0.240 e. The largest absolute Gasteiger partial charge is 0.463 e. The van der Waals surface area contributed by atoms with E-state index in [0.717, 1.165) is 24.4 Å². The molecule has 3 rings (SSSR count). The fraction of sp³-hybridized carbons (Fsp3) is 0.412. The summed E-state index contributed by atoms with van der Waals surface area (Å²) < 4.78 is 38.7. The number of hydrogen-bond donors (Lipinski definition) is 2. The number of quaternary nitrogens is 1. The second kappa shape index (κ2) is 7.48. The van der Waals surface area contributed by atoms with Gasteiger partial charge < -0.3 is 14.1 Å². The summed E-state index contributed by atoms with van der Waals surface area (Å²) >= 11 is 0. The molecule has 0 spiro atoms. The Labute approximate surface area is 142 Å². The number of furan rings is 1. The molecule has 2 N–H and O–H groups in total. The third kappa shape index (κ3) is 4.05. The molecule has 0 amide bonds. The molecule has 1 aromatic heterocycles. The molecule has 7 heteroatoms. The van der Waals surface area contributed by atoms with E-state index in [2.05, 4.69) is 4.72 Å². The lowest BCUT2D eigenvalue weighted by Gasteiger charge is -2.30. The third-order valence-electron chi connectivity index (χ3n) is 4.32. The van der Waals surface area contributed by atoms with E-state index in [1.165, 1.54) is 4.90 Å². The maximum atomic E-state index is 12.5. The summed E-state index contributed by atoms with van der Waals surface area (Å²) in [4.78, 5) is 1.55. The fourth-order valence-electron chi connectivity index (χ4n) is 2.91. The van der Waals surface area contributed by atoms with E-state index in [4.69, 9.17) is 9.15 Å². The van der Waals surface area contributed by atoms with Crippen molar-refractivity contribution < 1.29 is 22.5 Å². The van der Waals surface area contributed by atoms with Gasteiger partial charge in [-0.1, -0.05) is 17.7 Å². The van der Waals surface area contributed by atoms with E-state index in [1.54, 1.807) is 30.5 Å². The van der Waals surface area contributed by atoms with Crippen molar-refractivity contribution in [3.8, 4) is 0 Å². The van der Waals surface area contributed by atoms with Crippen molar-refractivity contribution in [1.82, 2.24) is 4.72 Å². The second-order valence-corrected chi connectivity index (χ2v) is 7.77. The highest BCUT2D eigenvalue weighted by Gasteiger charge is 2.30. The summed E-state index contributed by atoms with van der Waals surface area (Å²) in [7, 11) is -3.54. The van der Waals surface area contributed by atoms with Gasteiger partial charge in [0.05, 0.1) is 30.9 Å². The fourth-order valence-corrected chi connectivity index (χ4v) is 3.96. The minimum atomic E-state index is -3.54. The van der Waals surface area contributed by atoms with Gasteiger partial charge in [-0.3, -0.25) is 0 Å². The first kappa shape index (κ1) is 17.2. The van der Waals surface area contributed by atoms with Crippen molar-refractivity contribution in [1.29, 1.82) is 0 Å². The van der Waals surface area contributed by atoms with Gasteiger partial charge in [0.25, 0.3) is 0 Å². The van der Waals surface area contributed by atoms with Crippen LogP contribution >= 0.6 is 0 Å². The van der Waals surface area contributed by atoms with Crippen LogP contribution in [-0.4, -0.2) is 41.3 Å². The van der Waals surface area contributed by atoms with Crippen molar-refractivity contribution in [2.24, 2.45) is 0 Å². The van der Waals surface area contributed by atoms with Crippen molar-refractivity contribution in [3.63, 3.8) is 0 Å². The van der Waals surface area contributed by atoms with Crippen LogP contribution in [0.5, 0.6) is 0 Å². The SMILES string of the molecule is Cc1ccc(S(=O)(=O)NC[C@@H](c2ccco2)[NH+]2CCOCC2)cc1. The van der Waals surface area contributed by atoms with Crippen LogP contribution in [-0.2, 0) is 14.8 Å². The van der Waals surface area contributed by atoms with Gasteiger partial charge >= 0.3 is 0 Å². The molecule has 0 radical (unpaired) electrons. The summed E-state index contributed by atoms with van der Waals surface area (Å²) in [6.07, 6.45) is 1.62. The van der Waals surface area contributed by atoms with Crippen LogP contribution in [0, 0.1) is 6.92 Å². The average molecular weight is 351 g/mol. The Morgan fingerprint density at radius 2 is 1.88 bits per heavy atom. The van der Waals surface area contributed by atoms with Crippen molar-refractivity contribution in [2.75, 3.05) is 32.8 Å². The summed E-state index contributed by atoms with van der Waals surface area (Å²) in [5, 5.41) is 0. The lowest BCUT2D eigenvalue weighted by Crippen LogP contribution is -3.15. The Hall–Kier alpha value is -1.67. The quantitative estimate of drug-likeness (QED) is 0.796. The molecule has 1 aliphatic rings. The van der Waals surface area contributed by atoms with E-state index < -0.39 is 10.0 Å². The van der Waals surface area contributed by atoms with Crippen molar-refractivity contribution >= 4 is 10.0 Å². The molecule has 1 aromatic carbocycles. The van der Waals surface area contributed by atoms with Crippen LogP contribution < -0.4 is 9.62 Å². The van der Waals surface area contributed by atoms with Gasteiger partial charge in [-0.05, 0) is 31.2 Å². The Morgan fingerprint density at radius 1 is 1.17 bits per heavy atom. The first-order valence-corrected chi connectivity index (χ1v) is 9.56. The Balaban J connectivity index is 1.74. The molecule has 0 unspecified atom stereocenters. The van der Waals surface area contributed by atoms with Crippen LogP contribution in [0.1, 0.15) is 17.4 Å². The summed E-state index contributed by atoms with van der Waals surface area (Å²) in [6, 6.07) is 10.5. The Morgan fingerprint density at radius 3 is 2.50 bits per heavy atom. The zero-order valence-electron chi connectivity index (χ0n) is 13.7. The van der Waals surface area contributed by atoms with E-state index in [-0.39, 0.29) is 10.9 Å². The molecule has 1 saturated heterocycles. The molecule has 1 atom stereocenters. The first-order valence-electron chi connectivity index (χ1n) is 8.08. The van der Waals surface area contributed by atoms with Gasteiger partial charge in [0.1, 0.15) is 13.1 Å². The van der Waals surface area contributed by atoms with E-state index in [9.17, 15) is 8.42 Å². The number of aryl methyl sites for hydroxylation is 1. The monoisotopic (exact) mass is 351 g/mol. The molecular formula is C17H23N2O4S+. The molecule has 2 heterocycles. The van der Waals surface area contributed by atoms with Gasteiger partial charge in [0.2, 0.25) is 10.0 Å². The normalized spacial score (nSPS) is 17.7. The van der Waals surface area contributed by atoms with Gasteiger partial charge in [0, 0.05) is 0 Å². The minimum absolute atomic E-state index is 0.0656.